The summed E-state index contributed by atoms with van der Waals surface area (Å²) >= 11 is 67.0. The highest BCUT2D eigenvalue weighted by Crippen LogP contribution is 2.86. The second-order valence-electron chi connectivity index (χ2n) is 8.33. The van der Waals surface area contributed by atoms with Crippen molar-refractivity contribution in [3.05, 3.63) is 30.2 Å². The second-order valence-corrected chi connectivity index (χ2v) is 13.2. The standard InChI is InChI=1S/C17H10Cl10O/c1-13-3-4(6(19)8(21)7(20)5(3)18)14(2,28-13)10-9(13)15(24)11(22)12(23)16(10,25)17(15,26)27/h3-4,9-10H,1-2H3/t3?,4?,9-,10+,13-,14+,15+,16-. The Balaban J connectivity index is 1.85. The Labute approximate surface area is 212 Å². The van der Waals surface area contributed by atoms with Crippen molar-refractivity contribution in [3.8, 4) is 0 Å². The van der Waals surface area contributed by atoms with Crippen LogP contribution in [0.4, 0.5) is 0 Å². The van der Waals surface area contributed by atoms with Gasteiger partial charge in [0.05, 0.1) is 31.3 Å². The van der Waals surface area contributed by atoms with Gasteiger partial charge in [-0.3, -0.25) is 0 Å². The molecule has 4 bridgehead atoms. The summed E-state index contributed by atoms with van der Waals surface area (Å²) in [7, 11) is 0. The van der Waals surface area contributed by atoms with E-state index in [9.17, 15) is 0 Å². The third-order valence-electron chi connectivity index (χ3n) is 7.34. The van der Waals surface area contributed by atoms with E-state index in [4.69, 9.17) is 121 Å². The Morgan fingerprint density at radius 3 is 1.29 bits per heavy atom. The largest absolute Gasteiger partial charge is 0.367 e. The molecule has 5 aliphatic rings. The van der Waals surface area contributed by atoms with Crippen molar-refractivity contribution < 1.29 is 4.74 Å². The van der Waals surface area contributed by atoms with Gasteiger partial charge in [-0.25, -0.2) is 0 Å². The van der Waals surface area contributed by atoms with Gasteiger partial charge in [0, 0.05) is 33.7 Å². The van der Waals surface area contributed by atoms with E-state index < -0.39 is 49.0 Å². The number of rotatable bonds is 0. The summed E-state index contributed by atoms with van der Waals surface area (Å²) < 4.78 is 4.93. The summed E-state index contributed by atoms with van der Waals surface area (Å²) in [6.45, 7) is 3.76. The summed E-state index contributed by atoms with van der Waals surface area (Å²) in [5.74, 6) is -1.86. The Kier molecular flexibility index (Phi) is 4.51. The van der Waals surface area contributed by atoms with E-state index in [1.165, 1.54) is 0 Å². The maximum atomic E-state index is 7.08. The fourth-order valence-corrected chi connectivity index (χ4v) is 11.1. The van der Waals surface area contributed by atoms with E-state index in [1.54, 1.807) is 0 Å². The van der Waals surface area contributed by atoms with Crippen LogP contribution in [0.5, 0.6) is 0 Å². The van der Waals surface area contributed by atoms with Crippen LogP contribution in [-0.2, 0) is 4.74 Å². The normalized spacial score (nSPS) is 56.1. The lowest BCUT2D eigenvalue weighted by Crippen LogP contribution is -2.58. The van der Waals surface area contributed by atoms with Gasteiger partial charge in [0.15, 0.2) is 4.33 Å². The Morgan fingerprint density at radius 2 is 0.964 bits per heavy atom. The highest BCUT2D eigenvalue weighted by atomic mass is 35.5. The Hall–Kier alpha value is 2.08. The van der Waals surface area contributed by atoms with E-state index in [1.807, 2.05) is 13.8 Å². The predicted octanol–water partition coefficient (Wildman–Crippen LogP) is 8.25. The Morgan fingerprint density at radius 1 is 0.643 bits per heavy atom. The minimum atomic E-state index is -1.69. The number of fused-ring (bicyclic) bond motifs is 12. The van der Waals surface area contributed by atoms with Crippen molar-refractivity contribution in [1.82, 2.24) is 0 Å². The van der Waals surface area contributed by atoms with Crippen LogP contribution in [0.1, 0.15) is 13.8 Å². The number of allylic oxidation sites excluding steroid dienone is 4. The monoisotopic (exact) mass is 580 g/mol. The molecule has 11 heteroatoms. The average Bonchev–Trinajstić information content (AvgIpc) is 3.10. The highest BCUT2D eigenvalue weighted by molar-refractivity contribution is 6.66. The molecule has 0 radical (unpaired) electrons. The van der Waals surface area contributed by atoms with Crippen LogP contribution in [0.2, 0.25) is 0 Å². The molecule has 2 heterocycles. The molecule has 1 nitrogen and oxygen atoms in total. The molecule has 3 fully saturated rings. The molecule has 0 aromatic rings. The molecule has 3 aliphatic carbocycles. The quantitative estimate of drug-likeness (QED) is 0.261. The zero-order valence-corrected chi connectivity index (χ0v) is 21.6. The average molecular weight is 585 g/mol. The van der Waals surface area contributed by atoms with Crippen molar-refractivity contribution in [3.63, 3.8) is 0 Å². The summed E-state index contributed by atoms with van der Waals surface area (Å²) in [5.41, 5.74) is -1.94. The van der Waals surface area contributed by atoms with E-state index in [0.29, 0.717) is 10.1 Å². The molecular formula is C17H10Cl10O. The molecule has 28 heavy (non-hydrogen) atoms. The minimum absolute atomic E-state index is 0.122. The van der Waals surface area contributed by atoms with E-state index in [-0.39, 0.29) is 20.1 Å². The third kappa shape index (κ3) is 1.83. The van der Waals surface area contributed by atoms with E-state index in [2.05, 4.69) is 0 Å². The predicted molar refractivity (Wildman–Crippen MR) is 120 cm³/mol. The molecule has 0 spiro atoms. The first kappa shape index (κ1) is 21.9. The van der Waals surface area contributed by atoms with Crippen LogP contribution in [0.25, 0.3) is 0 Å². The molecular weight excluding hydrogens is 575 g/mol. The maximum Gasteiger partial charge on any atom is 0.167 e. The molecule has 0 aromatic heterocycles. The number of hydrogen-bond acceptors (Lipinski definition) is 1. The Bertz CT molecular complexity index is 882. The molecule has 2 saturated heterocycles. The lowest BCUT2D eigenvalue weighted by molar-refractivity contribution is -0.0620. The smallest absolute Gasteiger partial charge is 0.167 e. The number of alkyl halides is 4. The molecule has 0 amide bonds. The first-order valence-electron chi connectivity index (χ1n) is 8.27. The van der Waals surface area contributed by atoms with Gasteiger partial charge < -0.3 is 4.74 Å². The number of hydrogen-bond donors (Lipinski definition) is 0. The van der Waals surface area contributed by atoms with Gasteiger partial charge in [0.2, 0.25) is 0 Å². The van der Waals surface area contributed by atoms with Gasteiger partial charge >= 0.3 is 0 Å². The van der Waals surface area contributed by atoms with Gasteiger partial charge in [0.25, 0.3) is 0 Å². The molecule has 2 unspecified atom stereocenters. The molecule has 8 atom stereocenters. The summed E-state index contributed by atoms with van der Waals surface area (Å²) in [6.07, 6.45) is 0. The minimum Gasteiger partial charge on any atom is -0.367 e. The SMILES string of the molecule is C[C@]12O[C@](C)(C3C(Cl)=C(Cl)C(Cl)=C(Cl)C31)[C@H]1[C@@H]2[C@@]2(Cl)C(Cl)=C(Cl)[C@]1(Cl)C2(Cl)Cl. The van der Waals surface area contributed by atoms with E-state index >= 15 is 0 Å². The van der Waals surface area contributed by atoms with Gasteiger partial charge in [-0.1, -0.05) is 92.8 Å². The van der Waals surface area contributed by atoms with Gasteiger partial charge in [-0.2, -0.15) is 0 Å². The first-order valence-corrected chi connectivity index (χ1v) is 12.1. The van der Waals surface area contributed by atoms with Crippen LogP contribution in [-0.4, -0.2) is 25.3 Å². The fraction of sp³-hybridized carbons (Fsp3) is 0.647. The zero-order valence-electron chi connectivity index (χ0n) is 14.0. The summed E-state index contributed by atoms with van der Waals surface area (Å²) in [6, 6.07) is 0. The van der Waals surface area contributed by atoms with Gasteiger partial charge in [-0.05, 0) is 13.8 Å². The topological polar surface area (TPSA) is 9.23 Å². The molecule has 1 saturated carbocycles. The van der Waals surface area contributed by atoms with Crippen molar-refractivity contribution in [2.24, 2.45) is 23.7 Å². The molecule has 154 valence electrons. The van der Waals surface area contributed by atoms with Crippen LogP contribution >= 0.6 is 116 Å². The highest BCUT2D eigenvalue weighted by Gasteiger charge is 2.93. The molecule has 2 aliphatic heterocycles. The lowest BCUT2D eigenvalue weighted by atomic mass is 9.54. The van der Waals surface area contributed by atoms with Crippen molar-refractivity contribution in [1.29, 1.82) is 0 Å². The number of ether oxygens (including phenoxy) is 1. The first-order chi connectivity index (χ1) is 12.6. The van der Waals surface area contributed by atoms with Crippen LogP contribution in [0, 0.1) is 23.7 Å². The maximum absolute atomic E-state index is 7.08. The molecule has 0 N–H and O–H groups in total. The molecule has 0 aromatic carbocycles. The third-order valence-corrected chi connectivity index (χ3v) is 13.5. The van der Waals surface area contributed by atoms with Crippen molar-refractivity contribution in [2.75, 3.05) is 0 Å². The summed E-state index contributed by atoms with van der Waals surface area (Å²) in [4.78, 5) is -2.94. The number of halogens is 10. The zero-order chi connectivity index (χ0) is 21.0. The van der Waals surface area contributed by atoms with Crippen LogP contribution < -0.4 is 0 Å². The fourth-order valence-electron chi connectivity index (χ4n) is 6.49. The van der Waals surface area contributed by atoms with Crippen LogP contribution in [0.15, 0.2) is 30.2 Å². The van der Waals surface area contributed by atoms with Crippen LogP contribution in [0.3, 0.4) is 0 Å². The second kappa shape index (κ2) is 5.76. The van der Waals surface area contributed by atoms with Crippen molar-refractivity contribution >= 4 is 116 Å². The van der Waals surface area contributed by atoms with Crippen molar-refractivity contribution in [2.45, 2.75) is 39.1 Å². The summed E-state index contributed by atoms with van der Waals surface area (Å²) in [5, 5.41) is 1.30. The van der Waals surface area contributed by atoms with Gasteiger partial charge in [0.1, 0.15) is 9.75 Å². The lowest BCUT2D eigenvalue weighted by Gasteiger charge is -2.51. The van der Waals surface area contributed by atoms with E-state index in [0.717, 1.165) is 0 Å². The van der Waals surface area contributed by atoms with Gasteiger partial charge in [-0.15, -0.1) is 23.2 Å². The molecule has 5 rings (SSSR count).